The summed E-state index contributed by atoms with van der Waals surface area (Å²) in [4.78, 5) is 42.8. The number of piperazine rings is 1. The number of hydrogen-bond acceptors (Lipinski definition) is 5. The average Bonchev–Trinajstić information content (AvgIpc) is 2.79. The molecule has 2 fully saturated rings. The number of likely N-dealkylation sites (tertiary alicyclic amines) is 1. The van der Waals surface area contributed by atoms with Gasteiger partial charge >= 0.3 is 5.97 Å². The van der Waals surface area contributed by atoms with Crippen LogP contribution < -0.4 is 5.32 Å². The lowest BCUT2D eigenvalue weighted by atomic mass is 9.95. The first-order chi connectivity index (χ1) is 16.2. The van der Waals surface area contributed by atoms with Crippen LogP contribution in [0.5, 0.6) is 0 Å². The van der Waals surface area contributed by atoms with E-state index in [0.717, 1.165) is 12.0 Å². The quantitative estimate of drug-likeness (QED) is 0.560. The summed E-state index contributed by atoms with van der Waals surface area (Å²) in [5.74, 6) is 0.558. The Bertz CT molecular complexity index is 818. The van der Waals surface area contributed by atoms with Crippen molar-refractivity contribution in [3.63, 3.8) is 0 Å². The molecule has 0 saturated carbocycles. The summed E-state index contributed by atoms with van der Waals surface area (Å²) in [6.07, 6.45) is 2.79. The Labute approximate surface area is 204 Å². The van der Waals surface area contributed by atoms with Gasteiger partial charge in [0.2, 0.25) is 11.8 Å². The van der Waals surface area contributed by atoms with Gasteiger partial charge in [-0.1, -0.05) is 58.0 Å². The molecule has 1 aromatic carbocycles. The molecule has 188 valence electrons. The zero-order valence-corrected chi connectivity index (χ0v) is 21.2. The average molecular weight is 472 g/mol. The molecule has 0 radical (unpaired) electrons. The van der Waals surface area contributed by atoms with Crippen molar-refractivity contribution in [2.45, 2.75) is 78.0 Å². The van der Waals surface area contributed by atoms with Gasteiger partial charge in [0.1, 0.15) is 12.1 Å². The van der Waals surface area contributed by atoms with Gasteiger partial charge in [-0.2, -0.15) is 0 Å². The zero-order valence-electron chi connectivity index (χ0n) is 21.2. The van der Waals surface area contributed by atoms with Gasteiger partial charge in [0.05, 0.1) is 12.5 Å². The molecule has 34 heavy (non-hydrogen) atoms. The van der Waals surface area contributed by atoms with Crippen LogP contribution >= 0.6 is 0 Å². The number of nitrogens with one attached hydrogen (secondary N) is 1. The lowest BCUT2D eigenvalue weighted by molar-refractivity contribution is -0.155. The summed E-state index contributed by atoms with van der Waals surface area (Å²) < 4.78 is 5.68. The molecule has 2 saturated heterocycles. The van der Waals surface area contributed by atoms with Crippen LogP contribution in [0.15, 0.2) is 30.3 Å². The summed E-state index contributed by atoms with van der Waals surface area (Å²) in [6, 6.07) is 8.93. The van der Waals surface area contributed by atoms with Gasteiger partial charge < -0.3 is 19.9 Å². The Morgan fingerprint density at radius 1 is 1.03 bits per heavy atom. The third-order valence-corrected chi connectivity index (χ3v) is 6.63. The van der Waals surface area contributed by atoms with Crippen molar-refractivity contribution in [1.29, 1.82) is 0 Å². The Kier molecular flexibility index (Phi) is 9.51. The predicted molar refractivity (Wildman–Crippen MR) is 132 cm³/mol. The number of ether oxygens (including phenoxy) is 1. The number of carbonyl (C=O) groups is 3. The summed E-state index contributed by atoms with van der Waals surface area (Å²) in [6.45, 7) is 10.8. The van der Waals surface area contributed by atoms with Gasteiger partial charge in [-0.05, 0) is 30.2 Å². The number of benzene rings is 1. The van der Waals surface area contributed by atoms with E-state index in [2.05, 4.69) is 33.0 Å². The molecule has 0 aromatic heterocycles. The molecule has 0 unspecified atom stereocenters. The van der Waals surface area contributed by atoms with Crippen LogP contribution in [0.4, 0.5) is 0 Å². The molecule has 0 spiro atoms. The topological polar surface area (TPSA) is 79.0 Å². The minimum Gasteiger partial charge on any atom is -0.462 e. The number of carbonyl (C=O) groups excluding carboxylic acids is 3. The maximum atomic E-state index is 13.6. The van der Waals surface area contributed by atoms with Crippen LogP contribution in [0.25, 0.3) is 0 Å². The van der Waals surface area contributed by atoms with Gasteiger partial charge in [0, 0.05) is 39.0 Å². The van der Waals surface area contributed by atoms with Crippen LogP contribution in [0.1, 0.15) is 58.9 Å². The molecule has 2 aliphatic heterocycles. The maximum absolute atomic E-state index is 13.6. The smallest absolute Gasteiger partial charge is 0.310 e. The van der Waals surface area contributed by atoms with E-state index in [1.54, 1.807) is 0 Å². The second-order valence-corrected chi connectivity index (χ2v) is 10.5. The molecule has 0 bridgehead atoms. The molecular formula is C27H41N3O4. The van der Waals surface area contributed by atoms with Crippen molar-refractivity contribution >= 4 is 17.8 Å². The molecule has 2 heterocycles. The number of amides is 2. The van der Waals surface area contributed by atoms with E-state index < -0.39 is 6.04 Å². The lowest BCUT2D eigenvalue weighted by Gasteiger charge is -2.42. The number of hydrogen-bond donors (Lipinski definition) is 1. The zero-order chi connectivity index (χ0) is 24.7. The predicted octanol–water partition coefficient (Wildman–Crippen LogP) is 3.02. The standard InChI is InChI=1S/C27H41N3O4/c1-19(2)16-23-26(32)30(15-12-28-23)24(17-20(3)4)27(33)29-13-10-22(11-14-29)34-25(31)18-21-8-6-5-7-9-21/h5-9,19-20,22-24,28H,10-18H2,1-4H3/t23-,24-/m0/s1. The molecule has 2 amide bonds. The fraction of sp³-hybridized carbons (Fsp3) is 0.667. The largest absolute Gasteiger partial charge is 0.462 e. The van der Waals surface area contributed by atoms with Crippen molar-refractivity contribution in [2.75, 3.05) is 26.2 Å². The molecule has 3 rings (SSSR count). The number of rotatable bonds is 9. The fourth-order valence-electron chi connectivity index (χ4n) is 4.92. The highest BCUT2D eigenvalue weighted by molar-refractivity contribution is 5.90. The Morgan fingerprint density at radius 2 is 1.71 bits per heavy atom. The van der Waals surface area contributed by atoms with Crippen LogP contribution in [0.3, 0.4) is 0 Å². The van der Waals surface area contributed by atoms with E-state index in [0.29, 0.717) is 57.3 Å². The van der Waals surface area contributed by atoms with Crippen molar-refractivity contribution in [1.82, 2.24) is 15.1 Å². The normalized spacial score (nSPS) is 20.6. The van der Waals surface area contributed by atoms with Gasteiger partial charge in [-0.3, -0.25) is 14.4 Å². The van der Waals surface area contributed by atoms with E-state index in [1.165, 1.54) is 0 Å². The van der Waals surface area contributed by atoms with Crippen molar-refractivity contribution < 1.29 is 19.1 Å². The summed E-state index contributed by atoms with van der Waals surface area (Å²) in [5.41, 5.74) is 0.938. The lowest BCUT2D eigenvalue weighted by Crippen LogP contribution is -2.62. The third-order valence-electron chi connectivity index (χ3n) is 6.63. The SMILES string of the molecule is CC(C)C[C@@H]1NCCN([C@@H](CC(C)C)C(=O)N2CCC(OC(=O)Cc3ccccc3)CC2)C1=O. The first kappa shape index (κ1) is 26.2. The Morgan fingerprint density at radius 3 is 2.32 bits per heavy atom. The molecule has 1 N–H and O–H groups in total. The first-order valence-corrected chi connectivity index (χ1v) is 12.8. The van der Waals surface area contributed by atoms with Crippen LogP contribution in [0, 0.1) is 11.8 Å². The van der Waals surface area contributed by atoms with Crippen LogP contribution in [0.2, 0.25) is 0 Å². The van der Waals surface area contributed by atoms with Crippen molar-refractivity contribution in [3.8, 4) is 0 Å². The van der Waals surface area contributed by atoms with Crippen molar-refractivity contribution in [2.24, 2.45) is 11.8 Å². The second kappa shape index (κ2) is 12.3. The molecule has 1 aromatic rings. The van der Waals surface area contributed by atoms with E-state index in [1.807, 2.05) is 40.1 Å². The first-order valence-electron chi connectivity index (χ1n) is 12.8. The fourth-order valence-corrected chi connectivity index (χ4v) is 4.92. The molecule has 7 heteroatoms. The molecule has 7 nitrogen and oxygen atoms in total. The van der Waals surface area contributed by atoms with E-state index in [9.17, 15) is 14.4 Å². The Balaban J connectivity index is 1.57. The van der Waals surface area contributed by atoms with E-state index in [4.69, 9.17) is 4.74 Å². The number of esters is 1. The van der Waals surface area contributed by atoms with Gasteiger partial charge in [0.15, 0.2) is 0 Å². The van der Waals surface area contributed by atoms with Gasteiger partial charge in [-0.15, -0.1) is 0 Å². The van der Waals surface area contributed by atoms with E-state index >= 15 is 0 Å². The third kappa shape index (κ3) is 7.29. The minimum absolute atomic E-state index is 0.0290. The highest BCUT2D eigenvalue weighted by Gasteiger charge is 2.39. The van der Waals surface area contributed by atoms with Crippen molar-refractivity contribution in [3.05, 3.63) is 35.9 Å². The summed E-state index contributed by atoms with van der Waals surface area (Å²) in [5, 5.41) is 3.33. The molecular weight excluding hydrogens is 430 g/mol. The highest BCUT2D eigenvalue weighted by Crippen LogP contribution is 2.22. The van der Waals surface area contributed by atoms with Crippen LogP contribution in [-0.4, -0.2) is 72.0 Å². The monoisotopic (exact) mass is 471 g/mol. The molecule has 0 aliphatic carbocycles. The maximum Gasteiger partial charge on any atom is 0.310 e. The van der Waals surface area contributed by atoms with Gasteiger partial charge in [-0.25, -0.2) is 0 Å². The molecule has 2 atom stereocenters. The second-order valence-electron chi connectivity index (χ2n) is 10.5. The van der Waals surface area contributed by atoms with Crippen LogP contribution in [-0.2, 0) is 25.5 Å². The number of piperidine rings is 1. The molecule has 2 aliphatic rings. The Hall–Kier alpha value is -2.41. The summed E-state index contributed by atoms with van der Waals surface area (Å²) in [7, 11) is 0. The summed E-state index contributed by atoms with van der Waals surface area (Å²) >= 11 is 0. The van der Waals surface area contributed by atoms with E-state index in [-0.39, 0.29) is 36.4 Å². The minimum atomic E-state index is -0.429. The highest BCUT2D eigenvalue weighted by atomic mass is 16.5. The van der Waals surface area contributed by atoms with Gasteiger partial charge in [0.25, 0.3) is 0 Å². The number of nitrogens with zero attached hydrogens (tertiary/aromatic N) is 2.